The van der Waals surface area contributed by atoms with Gasteiger partial charge in [0.2, 0.25) is 0 Å². The predicted molar refractivity (Wildman–Crippen MR) is 76.5 cm³/mol. The Morgan fingerprint density at radius 2 is 2.05 bits per heavy atom. The Kier molecular flexibility index (Phi) is 3.26. The summed E-state index contributed by atoms with van der Waals surface area (Å²) >= 11 is 1.56. The van der Waals surface area contributed by atoms with Crippen LogP contribution in [0.15, 0.2) is 24.3 Å². The molecule has 1 aromatic carbocycles. The molecule has 0 aliphatic carbocycles. The fourth-order valence-electron chi connectivity index (χ4n) is 2.10. The number of aromatic nitrogens is 1. The van der Waals surface area contributed by atoms with E-state index in [2.05, 4.69) is 34.1 Å². The van der Waals surface area contributed by atoms with Crippen LogP contribution in [0.25, 0.3) is 10.6 Å². The van der Waals surface area contributed by atoms with E-state index in [4.69, 9.17) is 4.74 Å². The summed E-state index contributed by atoms with van der Waals surface area (Å²) in [5, 5.41) is 10.8. The zero-order valence-corrected chi connectivity index (χ0v) is 11.8. The Morgan fingerprint density at radius 3 is 2.68 bits per heavy atom. The molecule has 0 amide bonds. The molecule has 0 fully saturated rings. The number of ether oxygens (including phenoxy) is 1. The van der Waals surface area contributed by atoms with Gasteiger partial charge in [-0.1, -0.05) is 0 Å². The molecule has 100 valence electrons. The highest BCUT2D eigenvalue weighted by molar-refractivity contribution is 7.15. The average molecular weight is 276 g/mol. The Bertz CT molecular complexity index is 578. The molecule has 0 bridgehead atoms. The van der Waals surface area contributed by atoms with Gasteiger partial charge in [-0.2, -0.15) is 0 Å². The number of fused-ring (bicyclic) bond motifs is 1. The molecule has 0 spiro atoms. The molecular weight excluding hydrogens is 260 g/mol. The third-order valence-electron chi connectivity index (χ3n) is 3.18. The summed E-state index contributed by atoms with van der Waals surface area (Å²) in [5.41, 5.74) is 3.11. The standard InChI is InChI=1S/C14H16N2O2S/c1-16(2)10-5-3-9(4-6-10)14-15-11-7-18-8-12(17)13(11)19-14/h3-6,12,17H,7-8H2,1-2H3. The zero-order valence-electron chi connectivity index (χ0n) is 11.0. The first-order chi connectivity index (χ1) is 9.15. The molecule has 0 radical (unpaired) electrons. The van der Waals surface area contributed by atoms with E-state index < -0.39 is 6.10 Å². The van der Waals surface area contributed by atoms with Gasteiger partial charge in [-0.25, -0.2) is 4.98 Å². The monoisotopic (exact) mass is 276 g/mol. The second-order valence-electron chi connectivity index (χ2n) is 4.80. The Balaban J connectivity index is 1.94. The summed E-state index contributed by atoms with van der Waals surface area (Å²) in [6, 6.07) is 8.27. The molecular formula is C14H16N2O2S. The van der Waals surface area contributed by atoms with Crippen molar-refractivity contribution in [3.05, 3.63) is 34.8 Å². The fraction of sp³-hybridized carbons (Fsp3) is 0.357. The van der Waals surface area contributed by atoms with Gasteiger partial charge < -0.3 is 14.7 Å². The van der Waals surface area contributed by atoms with Crippen molar-refractivity contribution in [2.75, 3.05) is 25.6 Å². The van der Waals surface area contributed by atoms with Crippen molar-refractivity contribution < 1.29 is 9.84 Å². The molecule has 1 aliphatic rings. The van der Waals surface area contributed by atoms with Crippen LogP contribution >= 0.6 is 11.3 Å². The van der Waals surface area contributed by atoms with E-state index in [0.717, 1.165) is 26.8 Å². The van der Waals surface area contributed by atoms with E-state index in [1.54, 1.807) is 11.3 Å². The van der Waals surface area contributed by atoms with E-state index in [1.165, 1.54) is 0 Å². The van der Waals surface area contributed by atoms with Crippen LogP contribution in [0.5, 0.6) is 0 Å². The molecule has 0 saturated carbocycles. The molecule has 19 heavy (non-hydrogen) atoms. The highest BCUT2D eigenvalue weighted by Crippen LogP contribution is 2.35. The third kappa shape index (κ3) is 2.36. The predicted octanol–water partition coefficient (Wildman–Crippen LogP) is 2.44. The number of aliphatic hydroxyl groups is 1. The van der Waals surface area contributed by atoms with Gasteiger partial charge in [-0.3, -0.25) is 0 Å². The van der Waals surface area contributed by atoms with Gasteiger partial charge in [-0.05, 0) is 24.3 Å². The number of benzene rings is 1. The summed E-state index contributed by atoms with van der Waals surface area (Å²) < 4.78 is 5.30. The molecule has 4 nitrogen and oxygen atoms in total. The number of hydrogen-bond donors (Lipinski definition) is 1. The third-order valence-corrected chi connectivity index (χ3v) is 4.42. The van der Waals surface area contributed by atoms with E-state index in [9.17, 15) is 5.11 Å². The summed E-state index contributed by atoms with van der Waals surface area (Å²) in [6.07, 6.45) is -0.531. The molecule has 2 heterocycles. The van der Waals surface area contributed by atoms with Crippen LogP contribution in [0.4, 0.5) is 5.69 Å². The average Bonchev–Trinajstić information content (AvgIpc) is 2.84. The molecule has 1 N–H and O–H groups in total. The first-order valence-corrected chi connectivity index (χ1v) is 7.00. The molecule has 1 atom stereocenters. The molecule has 5 heteroatoms. The van der Waals surface area contributed by atoms with Crippen LogP contribution in [0.1, 0.15) is 16.7 Å². The van der Waals surface area contributed by atoms with Crippen LogP contribution < -0.4 is 4.90 Å². The van der Waals surface area contributed by atoms with Gasteiger partial charge in [0.05, 0.1) is 23.8 Å². The van der Waals surface area contributed by atoms with E-state index in [0.29, 0.717) is 13.2 Å². The quantitative estimate of drug-likeness (QED) is 0.915. The van der Waals surface area contributed by atoms with Crippen molar-refractivity contribution in [2.45, 2.75) is 12.7 Å². The first kappa shape index (κ1) is 12.6. The minimum atomic E-state index is -0.531. The Labute approximate surface area is 116 Å². The van der Waals surface area contributed by atoms with Crippen molar-refractivity contribution in [1.29, 1.82) is 0 Å². The van der Waals surface area contributed by atoms with Crippen molar-refractivity contribution >= 4 is 17.0 Å². The van der Waals surface area contributed by atoms with Gasteiger partial charge in [0.25, 0.3) is 0 Å². The number of nitrogens with zero attached hydrogens (tertiary/aromatic N) is 2. The summed E-state index contributed by atoms with van der Waals surface area (Å²) in [5.74, 6) is 0. The zero-order chi connectivity index (χ0) is 13.4. The van der Waals surface area contributed by atoms with Gasteiger partial charge in [0.1, 0.15) is 11.1 Å². The van der Waals surface area contributed by atoms with E-state index in [1.807, 2.05) is 14.1 Å². The number of hydrogen-bond acceptors (Lipinski definition) is 5. The normalized spacial score (nSPS) is 18.2. The SMILES string of the molecule is CN(C)c1ccc(-c2nc3c(s2)C(O)COC3)cc1. The molecule has 1 aliphatic heterocycles. The van der Waals surface area contributed by atoms with Crippen molar-refractivity contribution in [1.82, 2.24) is 4.98 Å². The highest BCUT2D eigenvalue weighted by Gasteiger charge is 2.23. The van der Waals surface area contributed by atoms with Gasteiger partial charge >= 0.3 is 0 Å². The number of rotatable bonds is 2. The lowest BCUT2D eigenvalue weighted by molar-refractivity contribution is 0.0106. The maximum absolute atomic E-state index is 9.88. The van der Waals surface area contributed by atoms with Crippen LogP contribution in [-0.4, -0.2) is 30.8 Å². The molecule has 0 saturated heterocycles. The largest absolute Gasteiger partial charge is 0.385 e. The molecule has 1 unspecified atom stereocenters. The maximum atomic E-state index is 9.88. The lowest BCUT2D eigenvalue weighted by Crippen LogP contribution is -2.14. The topological polar surface area (TPSA) is 45.6 Å². The molecule has 2 aromatic rings. The van der Waals surface area contributed by atoms with Crippen molar-refractivity contribution in [2.24, 2.45) is 0 Å². The first-order valence-electron chi connectivity index (χ1n) is 6.18. The van der Waals surface area contributed by atoms with Gasteiger partial charge in [0, 0.05) is 25.3 Å². The molecule has 1 aromatic heterocycles. The second-order valence-corrected chi connectivity index (χ2v) is 5.83. The lowest BCUT2D eigenvalue weighted by atomic mass is 10.2. The number of aliphatic hydroxyl groups excluding tert-OH is 1. The Morgan fingerprint density at radius 1 is 1.32 bits per heavy atom. The minimum absolute atomic E-state index is 0.369. The van der Waals surface area contributed by atoms with Crippen LogP contribution in [0, 0.1) is 0 Å². The minimum Gasteiger partial charge on any atom is -0.385 e. The van der Waals surface area contributed by atoms with Crippen LogP contribution in [0.2, 0.25) is 0 Å². The van der Waals surface area contributed by atoms with E-state index >= 15 is 0 Å². The smallest absolute Gasteiger partial charge is 0.124 e. The van der Waals surface area contributed by atoms with Crippen LogP contribution in [0.3, 0.4) is 0 Å². The summed E-state index contributed by atoms with van der Waals surface area (Å²) in [4.78, 5) is 7.57. The second kappa shape index (κ2) is 4.92. The van der Waals surface area contributed by atoms with Crippen LogP contribution in [-0.2, 0) is 11.3 Å². The highest BCUT2D eigenvalue weighted by atomic mass is 32.1. The maximum Gasteiger partial charge on any atom is 0.124 e. The summed E-state index contributed by atoms with van der Waals surface area (Å²) in [7, 11) is 4.04. The van der Waals surface area contributed by atoms with Gasteiger partial charge in [-0.15, -0.1) is 11.3 Å². The van der Waals surface area contributed by atoms with Crippen molar-refractivity contribution in [3.63, 3.8) is 0 Å². The number of thiazole rings is 1. The number of anilines is 1. The summed E-state index contributed by atoms with van der Waals surface area (Å²) in [6.45, 7) is 0.868. The Hall–Kier alpha value is -1.43. The fourth-order valence-corrected chi connectivity index (χ4v) is 3.14. The van der Waals surface area contributed by atoms with Gasteiger partial charge in [0.15, 0.2) is 0 Å². The molecule has 3 rings (SSSR count). The van der Waals surface area contributed by atoms with Crippen molar-refractivity contribution in [3.8, 4) is 10.6 Å². The lowest BCUT2D eigenvalue weighted by Gasteiger charge is -2.15. The van der Waals surface area contributed by atoms with E-state index in [-0.39, 0.29) is 0 Å².